The normalized spacial score (nSPS) is 24.4. The highest BCUT2D eigenvalue weighted by molar-refractivity contribution is 7.09. The molecular formula is C16H28N2OS. The minimum Gasteiger partial charge on any atom is -0.372 e. The fourth-order valence-electron chi connectivity index (χ4n) is 2.75. The molecule has 0 saturated carbocycles. The van der Waals surface area contributed by atoms with Gasteiger partial charge in [-0.05, 0) is 51.2 Å². The summed E-state index contributed by atoms with van der Waals surface area (Å²) in [5.41, 5.74) is 0. The van der Waals surface area contributed by atoms with Crippen molar-refractivity contribution in [2.24, 2.45) is 0 Å². The average Bonchev–Trinajstić information content (AvgIpc) is 3.08. The van der Waals surface area contributed by atoms with Gasteiger partial charge in [0.1, 0.15) is 0 Å². The summed E-state index contributed by atoms with van der Waals surface area (Å²) >= 11 is 1.85. The summed E-state index contributed by atoms with van der Waals surface area (Å²) in [6.07, 6.45) is 4.37. The second kappa shape index (κ2) is 8.13. The summed E-state index contributed by atoms with van der Waals surface area (Å²) in [5, 5.41) is 5.54. The molecule has 0 aromatic carbocycles. The lowest BCUT2D eigenvalue weighted by Crippen LogP contribution is -2.37. The van der Waals surface area contributed by atoms with Crippen molar-refractivity contribution in [2.75, 3.05) is 26.7 Å². The summed E-state index contributed by atoms with van der Waals surface area (Å²) in [6, 6.07) is 4.94. The zero-order valence-corrected chi connectivity index (χ0v) is 13.8. The van der Waals surface area contributed by atoms with Crippen LogP contribution in [0.3, 0.4) is 0 Å². The predicted octanol–water partition coefficient (Wildman–Crippen LogP) is 2.77. The molecule has 1 saturated heterocycles. The van der Waals surface area contributed by atoms with Crippen LogP contribution in [0, 0.1) is 0 Å². The number of rotatable bonds is 8. The molecule has 1 aromatic rings. The average molecular weight is 296 g/mol. The van der Waals surface area contributed by atoms with E-state index in [0.29, 0.717) is 18.2 Å². The van der Waals surface area contributed by atoms with E-state index in [4.69, 9.17) is 4.74 Å². The van der Waals surface area contributed by atoms with E-state index < -0.39 is 0 Å². The van der Waals surface area contributed by atoms with Gasteiger partial charge in [0.25, 0.3) is 0 Å². The number of nitrogens with one attached hydrogen (secondary N) is 1. The largest absolute Gasteiger partial charge is 0.372 e. The van der Waals surface area contributed by atoms with Gasteiger partial charge in [-0.2, -0.15) is 0 Å². The van der Waals surface area contributed by atoms with Crippen LogP contribution < -0.4 is 5.32 Å². The number of hydrogen-bond donors (Lipinski definition) is 1. The van der Waals surface area contributed by atoms with E-state index >= 15 is 0 Å². The van der Waals surface area contributed by atoms with Crippen molar-refractivity contribution in [3.63, 3.8) is 0 Å². The van der Waals surface area contributed by atoms with E-state index in [1.165, 1.54) is 17.7 Å². The van der Waals surface area contributed by atoms with E-state index in [1.807, 2.05) is 11.3 Å². The van der Waals surface area contributed by atoms with Crippen LogP contribution in [0.1, 0.15) is 31.6 Å². The molecule has 3 unspecified atom stereocenters. The van der Waals surface area contributed by atoms with Crippen molar-refractivity contribution >= 4 is 11.3 Å². The molecule has 2 heterocycles. The smallest absolute Gasteiger partial charge is 0.0707 e. The first-order chi connectivity index (χ1) is 9.69. The Labute approximate surface area is 127 Å². The molecule has 1 aliphatic rings. The van der Waals surface area contributed by atoms with Gasteiger partial charge in [-0.1, -0.05) is 13.0 Å². The minimum atomic E-state index is 0.412. The van der Waals surface area contributed by atoms with Gasteiger partial charge in [0.05, 0.1) is 12.2 Å². The molecule has 0 spiro atoms. The maximum atomic E-state index is 6.12. The Hall–Kier alpha value is -0.420. The fourth-order valence-corrected chi connectivity index (χ4v) is 3.57. The Morgan fingerprint density at radius 1 is 1.45 bits per heavy atom. The number of thiophene rings is 1. The first kappa shape index (κ1) is 16.0. The highest BCUT2D eigenvalue weighted by atomic mass is 32.1. The van der Waals surface area contributed by atoms with Crippen molar-refractivity contribution in [1.29, 1.82) is 0 Å². The molecule has 114 valence electrons. The number of nitrogens with zero attached hydrogens (tertiary/aromatic N) is 1. The van der Waals surface area contributed by atoms with Crippen LogP contribution >= 0.6 is 11.3 Å². The summed E-state index contributed by atoms with van der Waals surface area (Å²) in [4.78, 5) is 3.92. The molecule has 4 heteroatoms. The van der Waals surface area contributed by atoms with Crippen molar-refractivity contribution in [2.45, 2.75) is 51.4 Å². The summed E-state index contributed by atoms with van der Waals surface area (Å²) < 4.78 is 6.12. The van der Waals surface area contributed by atoms with E-state index in [1.54, 1.807) is 0 Å². The van der Waals surface area contributed by atoms with Gasteiger partial charge in [0.15, 0.2) is 0 Å². The second-order valence-corrected chi connectivity index (χ2v) is 6.87. The maximum absolute atomic E-state index is 6.12. The molecule has 3 atom stereocenters. The van der Waals surface area contributed by atoms with Crippen molar-refractivity contribution < 1.29 is 4.74 Å². The molecule has 1 N–H and O–H groups in total. The molecule has 20 heavy (non-hydrogen) atoms. The van der Waals surface area contributed by atoms with Gasteiger partial charge in [-0.25, -0.2) is 0 Å². The standard InChI is InChI=1S/C16H28N2OS/c1-4-17-11-14-7-8-15(19-14)12-18(3)13(2)10-16-6-5-9-20-16/h5-6,9,13-15,17H,4,7-8,10-12H2,1-3H3. The molecule has 1 aromatic heterocycles. The zero-order chi connectivity index (χ0) is 14.4. The van der Waals surface area contributed by atoms with Gasteiger partial charge >= 0.3 is 0 Å². The summed E-state index contributed by atoms with van der Waals surface area (Å²) in [6.45, 7) is 7.54. The first-order valence-electron chi connectivity index (χ1n) is 7.77. The van der Waals surface area contributed by atoms with Gasteiger partial charge in [-0.15, -0.1) is 11.3 Å². The van der Waals surface area contributed by atoms with E-state index in [2.05, 4.69) is 48.6 Å². The lowest BCUT2D eigenvalue weighted by atomic mass is 10.1. The highest BCUT2D eigenvalue weighted by Crippen LogP contribution is 2.21. The van der Waals surface area contributed by atoms with Crippen molar-refractivity contribution in [1.82, 2.24) is 10.2 Å². The van der Waals surface area contributed by atoms with Crippen LogP contribution in [-0.2, 0) is 11.2 Å². The molecular weight excluding hydrogens is 268 g/mol. The van der Waals surface area contributed by atoms with E-state index in [0.717, 1.165) is 26.1 Å². The quantitative estimate of drug-likeness (QED) is 0.798. The maximum Gasteiger partial charge on any atom is 0.0707 e. The molecule has 0 aliphatic carbocycles. The molecule has 1 aliphatic heterocycles. The lowest BCUT2D eigenvalue weighted by Gasteiger charge is -2.27. The molecule has 2 rings (SSSR count). The Morgan fingerprint density at radius 3 is 2.95 bits per heavy atom. The monoisotopic (exact) mass is 296 g/mol. The fraction of sp³-hybridized carbons (Fsp3) is 0.750. The topological polar surface area (TPSA) is 24.5 Å². The molecule has 0 radical (unpaired) electrons. The Bertz CT molecular complexity index is 369. The Kier molecular flexibility index (Phi) is 6.49. The van der Waals surface area contributed by atoms with E-state index in [9.17, 15) is 0 Å². The Morgan fingerprint density at radius 2 is 2.25 bits per heavy atom. The molecule has 3 nitrogen and oxygen atoms in total. The number of ether oxygens (including phenoxy) is 1. The zero-order valence-electron chi connectivity index (χ0n) is 13.0. The highest BCUT2D eigenvalue weighted by Gasteiger charge is 2.26. The predicted molar refractivity (Wildman–Crippen MR) is 86.6 cm³/mol. The van der Waals surface area contributed by atoms with Crippen molar-refractivity contribution in [3.8, 4) is 0 Å². The third kappa shape index (κ3) is 4.85. The van der Waals surface area contributed by atoms with Gasteiger partial charge in [0, 0.05) is 24.0 Å². The van der Waals surface area contributed by atoms with Crippen LogP contribution in [0.5, 0.6) is 0 Å². The minimum absolute atomic E-state index is 0.412. The molecule has 0 bridgehead atoms. The van der Waals surface area contributed by atoms with Crippen LogP contribution in [0.4, 0.5) is 0 Å². The Balaban J connectivity index is 1.70. The third-order valence-electron chi connectivity index (χ3n) is 4.14. The van der Waals surface area contributed by atoms with Crippen LogP contribution in [0.25, 0.3) is 0 Å². The molecule has 1 fully saturated rings. The van der Waals surface area contributed by atoms with Gasteiger partial charge in [0.2, 0.25) is 0 Å². The third-order valence-corrected chi connectivity index (χ3v) is 5.04. The van der Waals surface area contributed by atoms with Crippen LogP contribution in [0.2, 0.25) is 0 Å². The lowest BCUT2D eigenvalue weighted by molar-refractivity contribution is 0.0222. The molecule has 0 amide bonds. The van der Waals surface area contributed by atoms with E-state index in [-0.39, 0.29) is 0 Å². The summed E-state index contributed by atoms with van der Waals surface area (Å²) in [7, 11) is 2.22. The number of likely N-dealkylation sites (N-methyl/N-ethyl adjacent to an activating group) is 2. The van der Waals surface area contributed by atoms with Gasteiger partial charge in [-0.3, -0.25) is 0 Å². The summed E-state index contributed by atoms with van der Waals surface area (Å²) in [5.74, 6) is 0. The number of hydrogen-bond acceptors (Lipinski definition) is 4. The van der Waals surface area contributed by atoms with Crippen molar-refractivity contribution in [3.05, 3.63) is 22.4 Å². The SMILES string of the molecule is CCNCC1CCC(CN(C)C(C)Cc2cccs2)O1. The van der Waals surface area contributed by atoms with Gasteiger partial charge < -0.3 is 15.0 Å². The second-order valence-electron chi connectivity index (χ2n) is 5.84. The van der Waals surface area contributed by atoms with Crippen LogP contribution in [0.15, 0.2) is 17.5 Å². The first-order valence-corrected chi connectivity index (χ1v) is 8.65. The van der Waals surface area contributed by atoms with Crippen LogP contribution in [-0.4, -0.2) is 49.8 Å².